The topological polar surface area (TPSA) is 108 Å². The molecule has 196 valence electrons. The van der Waals surface area contributed by atoms with Gasteiger partial charge in [-0.15, -0.1) is 0 Å². The second-order valence-corrected chi connectivity index (χ2v) is 10.4. The predicted molar refractivity (Wildman–Crippen MR) is 138 cm³/mol. The van der Waals surface area contributed by atoms with Crippen molar-refractivity contribution < 1.29 is 24.2 Å². The van der Waals surface area contributed by atoms with E-state index in [-0.39, 0.29) is 24.3 Å². The normalized spacial score (nSPS) is 30.7. The van der Waals surface area contributed by atoms with E-state index in [1.165, 1.54) is 4.90 Å². The number of para-hydroxylation sites is 1. The third kappa shape index (κ3) is 4.03. The molecule has 3 amide bonds. The van der Waals surface area contributed by atoms with Crippen LogP contribution in [-0.4, -0.2) is 57.6 Å². The quantitative estimate of drug-likeness (QED) is 0.486. The van der Waals surface area contributed by atoms with E-state index in [1.807, 2.05) is 74.5 Å². The van der Waals surface area contributed by atoms with E-state index in [0.717, 1.165) is 5.56 Å². The summed E-state index contributed by atoms with van der Waals surface area (Å²) in [6.07, 6.45) is 2.13. The molecular formula is C29H35N3O5. The van der Waals surface area contributed by atoms with Crippen LogP contribution in [-0.2, 0) is 25.7 Å². The summed E-state index contributed by atoms with van der Waals surface area (Å²) < 4.78 is 6.75. The zero-order chi connectivity index (χ0) is 26.2. The molecule has 0 aromatic heterocycles. The minimum atomic E-state index is -1.12. The molecule has 37 heavy (non-hydrogen) atoms. The maximum Gasteiger partial charge on any atom is 0.246 e. The zero-order valence-corrected chi connectivity index (χ0v) is 21.4. The average Bonchev–Trinajstić information content (AvgIpc) is 3.53. The molecule has 0 radical (unpaired) electrons. The van der Waals surface area contributed by atoms with Crippen molar-refractivity contribution in [3.05, 3.63) is 66.2 Å². The summed E-state index contributed by atoms with van der Waals surface area (Å²) >= 11 is 0. The van der Waals surface area contributed by atoms with E-state index in [9.17, 15) is 19.5 Å². The van der Waals surface area contributed by atoms with E-state index in [0.29, 0.717) is 37.9 Å². The SMILES string of the molecule is CC[C@@H](CO)N1C(=O)[C@@H]2[C@@H](C(=O)Nc3ccccc3)[C@@]3(CC)CCC2(O3)C1C(=O)NCc1ccccc1. The van der Waals surface area contributed by atoms with Gasteiger partial charge in [-0.05, 0) is 43.4 Å². The first-order valence-electron chi connectivity index (χ1n) is 13.2. The Labute approximate surface area is 217 Å². The number of benzene rings is 2. The fraction of sp³-hybridized carbons (Fsp3) is 0.483. The molecule has 0 aliphatic carbocycles. The number of rotatable bonds is 9. The molecule has 5 rings (SSSR count). The van der Waals surface area contributed by atoms with Crippen LogP contribution in [0, 0.1) is 11.8 Å². The number of hydrogen-bond acceptors (Lipinski definition) is 5. The van der Waals surface area contributed by atoms with Crippen LogP contribution in [0.25, 0.3) is 0 Å². The van der Waals surface area contributed by atoms with Crippen molar-refractivity contribution in [3.63, 3.8) is 0 Å². The predicted octanol–water partition coefficient (Wildman–Crippen LogP) is 2.87. The lowest BCUT2D eigenvalue weighted by Crippen LogP contribution is -2.57. The molecule has 0 saturated carbocycles. The fourth-order valence-electron chi connectivity index (χ4n) is 6.78. The van der Waals surface area contributed by atoms with Crippen molar-refractivity contribution in [3.8, 4) is 0 Å². The van der Waals surface area contributed by atoms with Crippen molar-refractivity contribution >= 4 is 23.4 Å². The standard InChI is InChI=1S/C29H35N3O5/c1-3-21(18-33)32-24(26(35)30-17-19-11-7-5-8-12-19)29-16-15-28(4-2,37-29)22(23(29)27(32)36)25(34)31-20-13-9-6-10-14-20/h5-14,21-24,33H,3-4,15-18H2,1-2H3,(H,30,35)(H,31,34)/t21-,22-,23-,24?,28+,29?/m0/s1. The van der Waals surface area contributed by atoms with Gasteiger partial charge < -0.3 is 25.4 Å². The van der Waals surface area contributed by atoms with E-state index >= 15 is 0 Å². The van der Waals surface area contributed by atoms with Gasteiger partial charge in [-0.2, -0.15) is 0 Å². The van der Waals surface area contributed by atoms with Crippen molar-refractivity contribution in [2.75, 3.05) is 11.9 Å². The molecule has 3 saturated heterocycles. The molecule has 2 aromatic rings. The molecule has 3 aliphatic heterocycles. The summed E-state index contributed by atoms with van der Waals surface area (Å²) in [6.45, 7) is 3.89. The summed E-state index contributed by atoms with van der Waals surface area (Å²) in [5, 5.41) is 16.1. The maximum absolute atomic E-state index is 14.1. The van der Waals surface area contributed by atoms with Gasteiger partial charge in [0.2, 0.25) is 17.7 Å². The largest absolute Gasteiger partial charge is 0.394 e. The van der Waals surface area contributed by atoms with Crippen LogP contribution in [0.5, 0.6) is 0 Å². The van der Waals surface area contributed by atoms with Crippen LogP contribution in [0.4, 0.5) is 5.69 Å². The summed E-state index contributed by atoms with van der Waals surface area (Å²) in [5.41, 5.74) is -0.340. The molecule has 3 fully saturated rings. The fourth-order valence-corrected chi connectivity index (χ4v) is 6.78. The van der Waals surface area contributed by atoms with Gasteiger partial charge in [0.05, 0.1) is 30.1 Å². The van der Waals surface area contributed by atoms with Crippen molar-refractivity contribution in [2.45, 2.75) is 69.4 Å². The minimum Gasteiger partial charge on any atom is -0.394 e. The van der Waals surface area contributed by atoms with Crippen LogP contribution in [0.3, 0.4) is 0 Å². The Morgan fingerprint density at radius 2 is 1.73 bits per heavy atom. The summed E-state index contributed by atoms with van der Waals surface area (Å²) in [6, 6.07) is 17.3. The van der Waals surface area contributed by atoms with Gasteiger partial charge in [-0.3, -0.25) is 14.4 Å². The highest BCUT2D eigenvalue weighted by atomic mass is 16.5. The van der Waals surface area contributed by atoms with Gasteiger partial charge in [-0.25, -0.2) is 0 Å². The monoisotopic (exact) mass is 505 g/mol. The Morgan fingerprint density at radius 3 is 2.35 bits per heavy atom. The second-order valence-electron chi connectivity index (χ2n) is 10.4. The average molecular weight is 506 g/mol. The zero-order valence-electron chi connectivity index (χ0n) is 21.4. The first-order valence-corrected chi connectivity index (χ1v) is 13.2. The highest BCUT2D eigenvalue weighted by Gasteiger charge is 2.79. The molecule has 3 N–H and O–H groups in total. The number of aliphatic hydroxyl groups excluding tert-OH is 1. The van der Waals surface area contributed by atoms with E-state index in [1.54, 1.807) is 0 Å². The highest BCUT2D eigenvalue weighted by Crippen LogP contribution is 2.64. The van der Waals surface area contributed by atoms with Gasteiger partial charge in [0, 0.05) is 12.2 Å². The Morgan fingerprint density at radius 1 is 1.05 bits per heavy atom. The van der Waals surface area contributed by atoms with Gasteiger partial charge in [0.25, 0.3) is 0 Å². The number of nitrogens with one attached hydrogen (secondary N) is 2. The third-order valence-corrected chi connectivity index (χ3v) is 8.58. The molecule has 3 heterocycles. The Hall–Kier alpha value is -3.23. The molecule has 2 unspecified atom stereocenters. The minimum absolute atomic E-state index is 0.268. The van der Waals surface area contributed by atoms with Gasteiger partial charge in [-0.1, -0.05) is 62.4 Å². The molecular weight excluding hydrogens is 470 g/mol. The number of fused-ring (bicyclic) bond motifs is 1. The molecule has 6 atom stereocenters. The molecule has 8 heteroatoms. The van der Waals surface area contributed by atoms with Crippen LogP contribution in [0.2, 0.25) is 0 Å². The third-order valence-electron chi connectivity index (χ3n) is 8.58. The highest BCUT2D eigenvalue weighted by molar-refractivity contribution is 6.02. The van der Waals surface area contributed by atoms with Crippen LogP contribution >= 0.6 is 0 Å². The first-order chi connectivity index (χ1) is 17.9. The lowest BCUT2D eigenvalue weighted by molar-refractivity contribution is -0.150. The lowest BCUT2D eigenvalue weighted by Gasteiger charge is -2.37. The van der Waals surface area contributed by atoms with Crippen LogP contribution in [0.15, 0.2) is 60.7 Å². The van der Waals surface area contributed by atoms with E-state index in [2.05, 4.69) is 10.6 Å². The Bertz CT molecular complexity index is 1150. The number of carbonyl (C=O) groups excluding carboxylic acids is 3. The van der Waals surface area contributed by atoms with Crippen LogP contribution in [0.1, 0.15) is 45.1 Å². The smallest absolute Gasteiger partial charge is 0.246 e. The van der Waals surface area contributed by atoms with Crippen LogP contribution < -0.4 is 10.6 Å². The summed E-state index contributed by atoms with van der Waals surface area (Å²) in [4.78, 5) is 43.2. The Kier molecular flexibility index (Phi) is 6.81. The number of aliphatic hydroxyl groups is 1. The number of carbonyl (C=O) groups is 3. The van der Waals surface area contributed by atoms with E-state index in [4.69, 9.17) is 4.74 Å². The number of anilines is 1. The van der Waals surface area contributed by atoms with Crippen molar-refractivity contribution in [1.82, 2.24) is 10.2 Å². The second kappa shape index (κ2) is 9.91. The summed E-state index contributed by atoms with van der Waals surface area (Å²) in [5.74, 6) is -2.40. The van der Waals surface area contributed by atoms with E-state index < -0.39 is 35.1 Å². The molecule has 1 spiro atoms. The first kappa shape index (κ1) is 25.4. The number of amides is 3. The molecule has 2 bridgehead atoms. The molecule has 2 aromatic carbocycles. The Balaban J connectivity index is 1.51. The van der Waals surface area contributed by atoms with Crippen molar-refractivity contribution in [1.29, 1.82) is 0 Å². The van der Waals surface area contributed by atoms with Gasteiger partial charge in [0.15, 0.2) is 0 Å². The van der Waals surface area contributed by atoms with Gasteiger partial charge in [0.1, 0.15) is 11.6 Å². The number of ether oxygens (including phenoxy) is 1. The number of likely N-dealkylation sites (tertiary alicyclic amines) is 1. The molecule has 3 aliphatic rings. The summed E-state index contributed by atoms with van der Waals surface area (Å²) in [7, 11) is 0. The maximum atomic E-state index is 14.1. The molecule has 8 nitrogen and oxygen atoms in total. The van der Waals surface area contributed by atoms with Gasteiger partial charge >= 0.3 is 0 Å². The number of nitrogens with zero attached hydrogens (tertiary/aromatic N) is 1. The lowest BCUT2D eigenvalue weighted by atomic mass is 9.65. The van der Waals surface area contributed by atoms with Crippen molar-refractivity contribution in [2.24, 2.45) is 11.8 Å². The number of hydrogen-bond donors (Lipinski definition) is 3.